The fourth-order valence-electron chi connectivity index (χ4n) is 4.35. The van der Waals surface area contributed by atoms with Gasteiger partial charge >= 0.3 is 17.3 Å². The second-order valence-electron chi connectivity index (χ2n) is 10.4. The van der Waals surface area contributed by atoms with E-state index in [-0.39, 0.29) is 24.3 Å². The number of nitrogen functional groups attached to an aromatic ring is 1. The zero-order valence-electron chi connectivity index (χ0n) is 22.2. The third-order valence-corrected chi connectivity index (χ3v) is 7.70. The number of amides is 1. The molecule has 0 radical (unpaired) electrons. The van der Waals surface area contributed by atoms with Crippen LogP contribution in [0, 0.1) is 6.92 Å². The number of carboxylic acid groups (broad SMARTS) is 1. The number of nitrogens with two attached hydrogens (primary N) is 1. The van der Waals surface area contributed by atoms with Crippen molar-refractivity contribution in [2.45, 2.75) is 63.2 Å². The highest BCUT2D eigenvalue weighted by atomic mass is 32.2. The molecule has 4 N–H and O–H groups in total. The summed E-state index contributed by atoms with van der Waals surface area (Å²) in [7, 11) is 0. The summed E-state index contributed by atoms with van der Waals surface area (Å²) in [6.45, 7) is 8.25. The number of pyridine rings is 1. The van der Waals surface area contributed by atoms with Crippen LogP contribution in [0.15, 0.2) is 63.0 Å². The lowest BCUT2D eigenvalue weighted by Crippen LogP contribution is -2.41. The standard InChI is InChI=1S/C27H32N6O5S/c1-16-17(7-12-22(28)30-16)14-29-23(34)20-6-5-13-31-25(37)32(26(38)33(20)31)21(24(35)36)15-39-19-10-8-18(9-11-19)27(2,3)4/h5-12,20-21H,13-15H2,1-4H3,(H2,28,30)(H,29,34)(H,35,36). The number of nitrogens with zero attached hydrogens (tertiary/aromatic N) is 4. The molecular formula is C27H32N6O5S. The summed E-state index contributed by atoms with van der Waals surface area (Å²) >= 11 is 1.24. The van der Waals surface area contributed by atoms with E-state index in [1.165, 1.54) is 17.8 Å². The number of allylic oxidation sites excluding steroid dienone is 1. The van der Waals surface area contributed by atoms with Crippen LogP contribution in [0.2, 0.25) is 0 Å². The summed E-state index contributed by atoms with van der Waals surface area (Å²) in [5.41, 5.74) is 6.56. The monoisotopic (exact) mass is 552 g/mol. The maximum Gasteiger partial charge on any atom is 0.349 e. The van der Waals surface area contributed by atoms with Crippen molar-refractivity contribution in [3.05, 3.63) is 86.3 Å². The predicted octanol–water partition coefficient (Wildman–Crippen LogP) is 2.24. The fourth-order valence-corrected chi connectivity index (χ4v) is 5.32. The second kappa shape index (κ2) is 11.0. The Labute approximate surface area is 229 Å². The molecule has 11 nitrogen and oxygen atoms in total. The lowest BCUT2D eigenvalue weighted by Gasteiger charge is -2.20. The number of carbonyl (C=O) groups is 2. The Morgan fingerprint density at radius 3 is 2.46 bits per heavy atom. The van der Waals surface area contributed by atoms with Gasteiger partial charge in [0.2, 0.25) is 5.91 Å². The van der Waals surface area contributed by atoms with Crippen LogP contribution in [0.3, 0.4) is 0 Å². The molecule has 1 aromatic carbocycles. The Morgan fingerprint density at radius 2 is 1.85 bits per heavy atom. The molecule has 3 aromatic rings. The molecule has 1 aliphatic heterocycles. The van der Waals surface area contributed by atoms with Gasteiger partial charge < -0.3 is 16.2 Å². The molecule has 2 atom stereocenters. The van der Waals surface area contributed by atoms with Crippen molar-refractivity contribution in [2.75, 3.05) is 11.5 Å². The molecule has 0 saturated carbocycles. The number of fused-ring (bicyclic) bond motifs is 1. The Hall–Kier alpha value is -4.06. The van der Waals surface area contributed by atoms with Crippen LogP contribution in [0.4, 0.5) is 5.82 Å². The summed E-state index contributed by atoms with van der Waals surface area (Å²) in [5.74, 6) is -1.51. The Morgan fingerprint density at radius 1 is 1.15 bits per heavy atom. The van der Waals surface area contributed by atoms with Crippen LogP contribution in [0.5, 0.6) is 0 Å². The number of carboxylic acids is 1. The molecule has 1 amide bonds. The van der Waals surface area contributed by atoms with Crippen LogP contribution in [-0.4, -0.2) is 41.7 Å². The van der Waals surface area contributed by atoms with E-state index >= 15 is 0 Å². The molecule has 4 rings (SSSR count). The van der Waals surface area contributed by atoms with Crippen molar-refractivity contribution in [1.82, 2.24) is 24.2 Å². The average Bonchev–Trinajstić information content (AvgIpc) is 3.13. The highest BCUT2D eigenvalue weighted by Crippen LogP contribution is 2.27. The zero-order chi connectivity index (χ0) is 28.5. The van der Waals surface area contributed by atoms with E-state index in [1.54, 1.807) is 25.1 Å². The zero-order valence-corrected chi connectivity index (χ0v) is 23.1. The molecule has 0 fully saturated rings. The number of anilines is 1. The molecule has 0 spiro atoms. The molecule has 0 bridgehead atoms. The van der Waals surface area contributed by atoms with Gasteiger partial charge in [0.25, 0.3) is 0 Å². The number of aliphatic carboxylic acids is 1. The van der Waals surface area contributed by atoms with Gasteiger partial charge in [0.1, 0.15) is 11.9 Å². The van der Waals surface area contributed by atoms with Gasteiger partial charge in [-0.25, -0.2) is 33.3 Å². The number of thioether (sulfide) groups is 1. The maximum atomic E-state index is 13.4. The van der Waals surface area contributed by atoms with Crippen molar-refractivity contribution in [1.29, 1.82) is 0 Å². The number of nitrogens with one attached hydrogen (secondary N) is 1. The van der Waals surface area contributed by atoms with Crippen molar-refractivity contribution >= 4 is 29.5 Å². The van der Waals surface area contributed by atoms with Gasteiger partial charge in [-0.2, -0.15) is 0 Å². The van der Waals surface area contributed by atoms with E-state index in [1.807, 2.05) is 24.3 Å². The van der Waals surface area contributed by atoms with Gasteiger partial charge in [0.15, 0.2) is 6.04 Å². The summed E-state index contributed by atoms with van der Waals surface area (Å²) in [4.78, 5) is 56.9. The van der Waals surface area contributed by atoms with Crippen LogP contribution < -0.4 is 22.4 Å². The fraction of sp³-hybridized carbons (Fsp3) is 0.370. The number of benzene rings is 1. The highest BCUT2D eigenvalue weighted by molar-refractivity contribution is 7.99. The van der Waals surface area contributed by atoms with E-state index in [4.69, 9.17) is 5.73 Å². The van der Waals surface area contributed by atoms with Gasteiger partial charge in [-0.15, -0.1) is 11.8 Å². The van der Waals surface area contributed by atoms with Crippen molar-refractivity contribution in [2.24, 2.45) is 0 Å². The molecule has 1 aliphatic rings. The topological polar surface area (TPSA) is 154 Å². The smallest absolute Gasteiger partial charge is 0.349 e. The van der Waals surface area contributed by atoms with Gasteiger partial charge in [-0.1, -0.05) is 51.1 Å². The van der Waals surface area contributed by atoms with E-state index in [9.17, 15) is 24.3 Å². The molecule has 206 valence electrons. The van der Waals surface area contributed by atoms with Crippen LogP contribution >= 0.6 is 11.8 Å². The number of hydrogen-bond acceptors (Lipinski definition) is 7. The SMILES string of the molecule is Cc1nc(N)ccc1CNC(=O)C1C=CCn2c(=O)n(C(CSc3ccc(C(C)(C)C)cc3)C(=O)O)c(=O)n21. The van der Waals surface area contributed by atoms with Gasteiger partial charge in [-0.3, -0.25) is 4.79 Å². The third-order valence-electron chi connectivity index (χ3n) is 6.61. The quantitative estimate of drug-likeness (QED) is 0.284. The molecule has 2 aromatic heterocycles. The van der Waals surface area contributed by atoms with E-state index in [0.717, 1.165) is 30.0 Å². The molecule has 3 heterocycles. The lowest BCUT2D eigenvalue weighted by atomic mass is 9.87. The number of carbonyl (C=O) groups excluding carboxylic acids is 1. The molecule has 12 heteroatoms. The van der Waals surface area contributed by atoms with Gasteiger partial charge in [-0.05, 0) is 41.7 Å². The lowest BCUT2D eigenvalue weighted by molar-refractivity contribution is -0.140. The normalized spacial score (nSPS) is 15.5. The Bertz CT molecular complexity index is 1540. The molecular weight excluding hydrogens is 520 g/mol. The Kier molecular flexibility index (Phi) is 7.86. The van der Waals surface area contributed by atoms with Crippen LogP contribution in [0.1, 0.15) is 49.7 Å². The summed E-state index contributed by atoms with van der Waals surface area (Å²) < 4.78 is 2.84. The largest absolute Gasteiger partial charge is 0.480 e. The summed E-state index contributed by atoms with van der Waals surface area (Å²) in [5, 5.41) is 12.7. The number of aromatic nitrogens is 4. The summed E-state index contributed by atoms with van der Waals surface area (Å²) in [6, 6.07) is 8.59. The maximum absolute atomic E-state index is 13.4. The van der Waals surface area contributed by atoms with E-state index in [2.05, 4.69) is 31.1 Å². The minimum Gasteiger partial charge on any atom is -0.480 e. The first-order chi connectivity index (χ1) is 18.4. The van der Waals surface area contributed by atoms with E-state index in [0.29, 0.717) is 11.5 Å². The van der Waals surface area contributed by atoms with Crippen LogP contribution in [-0.2, 0) is 28.1 Å². The first kappa shape index (κ1) is 28.0. The molecule has 39 heavy (non-hydrogen) atoms. The minimum absolute atomic E-state index is 0.0257. The number of hydrogen-bond donors (Lipinski definition) is 3. The average molecular weight is 553 g/mol. The number of aryl methyl sites for hydroxylation is 1. The Balaban J connectivity index is 1.57. The first-order valence-corrected chi connectivity index (χ1v) is 13.4. The molecule has 0 aliphatic carbocycles. The van der Waals surface area contributed by atoms with Crippen LogP contribution in [0.25, 0.3) is 0 Å². The van der Waals surface area contributed by atoms with Gasteiger partial charge in [0.05, 0.1) is 6.54 Å². The first-order valence-electron chi connectivity index (χ1n) is 12.4. The second-order valence-corrected chi connectivity index (χ2v) is 11.5. The minimum atomic E-state index is -1.42. The highest BCUT2D eigenvalue weighted by Gasteiger charge is 2.33. The number of rotatable bonds is 8. The predicted molar refractivity (Wildman–Crippen MR) is 149 cm³/mol. The van der Waals surface area contributed by atoms with Gasteiger partial charge in [0, 0.05) is 22.9 Å². The van der Waals surface area contributed by atoms with Crippen molar-refractivity contribution in [3.63, 3.8) is 0 Å². The van der Waals surface area contributed by atoms with Crippen molar-refractivity contribution < 1.29 is 14.7 Å². The summed E-state index contributed by atoms with van der Waals surface area (Å²) in [6.07, 6.45) is 3.13. The van der Waals surface area contributed by atoms with E-state index < -0.39 is 35.3 Å². The molecule has 0 saturated heterocycles. The molecule has 2 unspecified atom stereocenters. The van der Waals surface area contributed by atoms with Crippen molar-refractivity contribution in [3.8, 4) is 0 Å². The third kappa shape index (κ3) is 5.85.